The van der Waals surface area contributed by atoms with Gasteiger partial charge in [0.25, 0.3) is 0 Å². The zero-order valence-electron chi connectivity index (χ0n) is 10.2. The van der Waals surface area contributed by atoms with Gasteiger partial charge in [0, 0.05) is 6.04 Å². The number of nitrogens with one attached hydrogen (secondary N) is 2. The molecule has 0 spiro atoms. The number of hydrogen-bond donors (Lipinski definition) is 2. The van der Waals surface area contributed by atoms with Gasteiger partial charge in [0.05, 0.1) is 11.9 Å². The largest absolute Gasteiger partial charge is 0.336 e. The van der Waals surface area contributed by atoms with Crippen LogP contribution in [0.4, 0.5) is 10.5 Å². The lowest BCUT2D eigenvalue weighted by molar-refractivity contribution is 0.250. The average Bonchev–Trinajstić information content (AvgIpc) is 2.82. The van der Waals surface area contributed by atoms with Crippen molar-refractivity contribution in [2.45, 2.75) is 19.9 Å². The molecule has 7 heteroatoms. The van der Waals surface area contributed by atoms with Gasteiger partial charge in [-0.25, -0.2) is 19.4 Å². The van der Waals surface area contributed by atoms with Crippen molar-refractivity contribution in [1.82, 2.24) is 25.1 Å². The summed E-state index contributed by atoms with van der Waals surface area (Å²) in [4.78, 5) is 19.5. The SMILES string of the molecule is CC(C)NC(=O)Nc1ccc(-n2cncn2)nc1. The predicted molar refractivity (Wildman–Crippen MR) is 66.4 cm³/mol. The van der Waals surface area contributed by atoms with Crippen LogP contribution in [0.2, 0.25) is 0 Å². The van der Waals surface area contributed by atoms with Gasteiger partial charge in [-0.3, -0.25) is 0 Å². The van der Waals surface area contributed by atoms with Gasteiger partial charge >= 0.3 is 6.03 Å². The molecule has 0 aliphatic rings. The van der Waals surface area contributed by atoms with E-state index < -0.39 is 0 Å². The van der Waals surface area contributed by atoms with Crippen molar-refractivity contribution in [2.24, 2.45) is 0 Å². The van der Waals surface area contributed by atoms with Crippen LogP contribution in [0.5, 0.6) is 0 Å². The lowest BCUT2D eigenvalue weighted by Crippen LogP contribution is -2.34. The smallest absolute Gasteiger partial charge is 0.319 e. The molecule has 2 aromatic rings. The Hall–Kier alpha value is -2.44. The van der Waals surface area contributed by atoms with Crippen LogP contribution >= 0.6 is 0 Å². The van der Waals surface area contributed by atoms with Crippen LogP contribution in [0.25, 0.3) is 5.82 Å². The van der Waals surface area contributed by atoms with Crippen molar-refractivity contribution in [3.05, 3.63) is 31.0 Å². The van der Waals surface area contributed by atoms with E-state index in [1.165, 1.54) is 11.0 Å². The van der Waals surface area contributed by atoms with Crippen LogP contribution in [0.3, 0.4) is 0 Å². The van der Waals surface area contributed by atoms with Gasteiger partial charge in [-0.05, 0) is 26.0 Å². The zero-order valence-corrected chi connectivity index (χ0v) is 10.2. The second-order valence-electron chi connectivity index (χ2n) is 4.00. The minimum Gasteiger partial charge on any atom is -0.336 e. The molecule has 2 amide bonds. The maximum Gasteiger partial charge on any atom is 0.319 e. The van der Waals surface area contributed by atoms with Crippen LogP contribution in [0.1, 0.15) is 13.8 Å². The van der Waals surface area contributed by atoms with Crippen LogP contribution < -0.4 is 10.6 Å². The van der Waals surface area contributed by atoms with Gasteiger partial charge in [0.2, 0.25) is 0 Å². The fourth-order valence-corrected chi connectivity index (χ4v) is 1.35. The Morgan fingerprint density at radius 3 is 2.78 bits per heavy atom. The molecule has 0 radical (unpaired) electrons. The molecular formula is C11H14N6O. The van der Waals surface area contributed by atoms with Crippen molar-refractivity contribution in [2.75, 3.05) is 5.32 Å². The summed E-state index contributed by atoms with van der Waals surface area (Å²) in [5, 5.41) is 9.38. The molecule has 0 saturated heterocycles. The topological polar surface area (TPSA) is 84.7 Å². The summed E-state index contributed by atoms with van der Waals surface area (Å²) >= 11 is 0. The number of urea groups is 1. The Balaban J connectivity index is 2.02. The van der Waals surface area contributed by atoms with Crippen molar-refractivity contribution in [3.63, 3.8) is 0 Å². The van der Waals surface area contributed by atoms with Crippen LogP contribution in [-0.2, 0) is 0 Å². The third-order valence-corrected chi connectivity index (χ3v) is 2.08. The Morgan fingerprint density at radius 1 is 1.39 bits per heavy atom. The molecular weight excluding hydrogens is 232 g/mol. The van der Waals surface area contributed by atoms with Crippen LogP contribution in [0.15, 0.2) is 31.0 Å². The maximum absolute atomic E-state index is 11.5. The van der Waals surface area contributed by atoms with Crippen LogP contribution in [0, 0.1) is 0 Å². The zero-order chi connectivity index (χ0) is 13.0. The number of carbonyl (C=O) groups is 1. The molecule has 0 bridgehead atoms. The highest BCUT2D eigenvalue weighted by Gasteiger charge is 2.04. The summed E-state index contributed by atoms with van der Waals surface area (Å²) in [6, 6.07) is 3.34. The number of carbonyl (C=O) groups excluding carboxylic acids is 1. The van der Waals surface area contributed by atoms with Gasteiger partial charge in [-0.2, -0.15) is 5.10 Å². The number of amides is 2. The summed E-state index contributed by atoms with van der Waals surface area (Å²) in [5.41, 5.74) is 0.622. The number of pyridine rings is 1. The molecule has 0 fully saturated rings. The first-order valence-corrected chi connectivity index (χ1v) is 5.54. The second kappa shape index (κ2) is 5.26. The average molecular weight is 246 g/mol. The molecule has 2 heterocycles. The number of hydrogen-bond acceptors (Lipinski definition) is 4. The Kier molecular flexibility index (Phi) is 3.52. The fraction of sp³-hybridized carbons (Fsp3) is 0.273. The van der Waals surface area contributed by atoms with Crippen molar-refractivity contribution in [1.29, 1.82) is 0 Å². The molecule has 0 aromatic carbocycles. The standard InChI is InChI=1S/C11H14N6O/c1-8(2)15-11(18)16-9-3-4-10(13-5-9)17-7-12-6-14-17/h3-8H,1-2H3,(H2,15,16,18). The lowest BCUT2D eigenvalue weighted by atomic mass is 10.4. The summed E-state index contributed by atoms with van der Waals surface area (Å²) in [6.07, 6.45) is 4.56. The van der Waals surface area contributed by atoms with E-state index in [4.69, 9.17) is 0 Å². The summed E-state index contributed by atoms with van der Waals surface area (Å²) in [6.45, 7) is 3.79. The number of rotatable bonds is 3. The minimum absolute atomic E-state index is 0.0902. The molecule has 7 nitrogen and oxygen atoms in total. The molecule has 0 saturated carbocycles. The summed E-state index contributed by atoms with van der Waals surface area (Å²) in [7, 11) is 0. The molecule has 2 aromatic heterocycles. The molecule has 94 valence electrons. The normalized spacial score (nSPS) is 10.4. The van der Waals surface area contributed by atoms with E-state index in [1.54, 1.807) is 24.7 Å². The van der Waals surface area contributed by atoms with Gasteiger partial charge in [0.15, 0.2) is 5.82 Å². The number of nitrogens with zero attached hydrogens (tertiary/aromatic N) is 4. The molecule has 0 atom stereocenters. The third-order valence-electron chi connectivity index (χ3n) is 2.08. The quantitative estimate of drug-likeness (QED) is 0.852. The van der Waals surface area contributed by atoms with Crippen molar-refractivity contribution in [3.8, 4) is 5.82 Å². The highest BCUT2D eigenvalue weighted by Crippen LogP contribution is 2.08. The van der Waals surface area contributed by atoms with Gasteiger partial charge in [0.1, 0.15) is 12.7 Å². The molecule has 0 aliphatic carbocycles. The van der Waals surface area contributed by atoms with Gasteiger partial charge in [-0.1, -0.05) is 0 Å². The molecule has 0 unspecified atom stereocenters. The fourth-order valence-electron chi connectivity index (χ4n) is 1.35. The second-order valence-corrected chi connectivity index (χ2v) is 4.00. The van der Waals surface area contributed by atoms with E-state index in [0.717, 1.165) is 0 Å². The first kappa shape index (κ1) is 12.0. The first-order chi connectivity index (χ1) is 8.65. The highest BCUT2D eigenvalue weighted by molar-refractivity contribution is 5.89. The number of anilines is 1. The van der Waals surface area contributed by atoms with Crippen molar-refractivity contribution < 1.29 is 4.79 Å². The highest BCUT2D eigenvalue weighted by atomic mass is 16.2. The van der Waals surface area contributed by atoms with Gasteiger partial charge in [-0.15, -0.1) is 0 Å². The van der Waals surface area contributed by atoms with E-state index in [1.807, 2.05) is 13.8 Å². The van der Waals surface area contributed by atoms with Crippen LogP contribution in [-0.4, -0.2) is 31.8 Å². The first-order valence-electron chi connectivity index (χ1n) is 5.54. The Bertz CT molecular complexity index is 505. The Labute approximate surface area is 104 Å². The van der Waals surface area contributed by atoms with E-state index in [9.17, 15) is 4.79 Å². The number of aromatic nitrogens is 4. The molecule has 18 heavy (non-hydrogen) atoms. The maximum atomic E-state index is 11.5. The third kappa shape index (κ3) is 3.03. The van der Waals surface area contributed by atoms with Gasteiger partial charge < -0.3 is 10.6 Å². The predicted octanol–water partition coefficient (Wildman–Crippen LogP) is 1.19. The van der Waals surface area contributed by atoms with E-state index in [-0.39, 0.29) is 12.1 Å². The molecule has 2 rings (SSSR count). The summed E-state index contributed by atoms with van der Waals surface area (Å²) < 4.78 is 1.54. The lowest BCUT2D eigenvalue weighted by Gasteiger charge is -2.10. The van der Waals surface area contributed by atoms with Crippen molar-refractivity contribution >= 4 is 11.7 Å². The molecule has 2 N–H and O–H groups in total. The molecule has 0 aliphatic heterocycles. The minimum atomic E-state index is -0.250. The van der Waals surface area contributed by atoms with E-state index in [0.29, 0.717) is 11.5 Å². The van der Waals surface area contributed by atoms with E-state index >= 15 is 0 Å². The summed E-state index contributed by atoms with van der Waals surface area (Å²) in [5.74, 6) is 0.641. The monoisotopic (exact) mass is 246 g/mol. The Morgan fingerprint density at radius 2 is 2.22 bits per heavy atom. The van der Waals surface area contributed by atoms with E-state index in [2.05, 4.69) is 25.7 Å².